The van der Waals surface area contributed by atoms with Gasteiger partial charge in [0.05, 0.1) is 11.2 Å². The van der Waals surface area contributed by atoms with E-state index in [9.17, 15) is 4.79 Å². The van der Waals surface area contributed by atoms with Gasteiger partial charge in [-0.25, -0.2) is 4.79 Å². The zero-order valence-electron chi connectivity index (χ0n) is 16.9. The van der Waals surface area contributed by atoms with Crippen LogP contribution in [0.15, 0.2) is 12.1 Å². The molecule has 1 amide bonds. The minimum atomic E-state index is -0.531. The van der Waals surface area contributed by atoms with Gasteiger partial charge in [0, 0.05) is 5.69 Å². The third-order valence-electron chi connectivity index (χ3n) is 4.73. The van der Waals surface area contributed by atoms with Crippen LogP contribution in [0.25, 0.3) is 0 Å². The summed E-state index contributed by atoms with van der Waals surface area (Å²) in [6.45, 7) is 17.7. The molecule has 6 heteroatoms. The summed E-state index contributed by atoms with van der Waals surface area (Å²) in [4.78, 5) is 12.0. The lowest BCUT2D eigenvalue weighted by Crippen LogP contribution is -2.41. The summed E-state index contributed by atoms with van der Waals surface area (Å²) < 4.78 is 17.6. The Balaban J connectivity index is 2.23. The van der Waals surface area contributed by atoms with Crippen molar-refractivity contribution in [1.29, 1.82) is 0 Å². The summed E-state index contributed by atoms with van der Waals surface area (Å²) in [7, 11) is -0.416. The number of ether oxygens (including phenoxy) is 1. The van der Waals surface area contributed by atoms with Crippen LogP contribution in [0.4, 0.5) is 10.5 Å². The summed E-state index contributed by atoms with van der Waals surface area (Å²) in [5.41, 5.74) is 2.41. The predicted octanol–water partition coefficient (Wildman–Crippen LogP) is 3.95. The number of hydrogen-bond donors (Lipinski definition) is 1. The van der Waals surface area contributed by atoms with Gasteiger partial charge in [0.1, 0.15) is 5.60 Å². The summed E-state index contributed by atoms with van der Waals surface area (Å²) >= 11 is 0. The molecule has 1 N–H and O–H groups in total. The maximum absolute atomic E-state index is 12.0. The smallest absolute Gasteiger partial charge is 0.444 e. The molecule has 0 spiro atoms. The minimum Gasteiger partial charge on any atom is -0.444 e. The lowest BCUT2D eigenvalue weighted by atomic mass is 9.73. The molecule has 25 heavy (non-hydrogen) atoms. The number of aryl methyl sites for hydroxylation is 2. The van der Waals surface area contributed by atoms with Gasteiger partial charge in [0.15, 0.2) is 0 Å². The average Bonchev–Trinajstić information content (AvgIpc) is 2.53. The van der Waals surface area contributed by atoms with Crippen molar-refractivity contribution in [2.24, 2.45) is 0 Å². The number of nitrogens with one attached hydrogen (secondary N) is 1. The van der Waals surface area contributed by atoms with Crippen molar-refractivity contribution in [3.05, 3.63) is 23.3 Å². The topological polar surface area (TPSA) is 56.8 Å². The van der Waals surface area contributed by atoms with Crippen molar-refractivity contribution in [3.63, 3.8) is 0 Å². The molecule has 1 saturated heterocycles. The van der Waals surface area contributed by atoms with Gasteiger partial charge < -0.3 is 14.0 Å². The second-order valence-electron chi connectivity index (χ2n) is 8.74. The SMILES string of the molecule is Cc1cc(NC(=O)OC(C)(C)C)cc(C)c1B1OC(C)(C)C(C)(C)O1. The first kappa shape index (κ1) is 19.8. The highest BCUT2D eigenvalue weighted by molar-refractivity contribution is 6.63. The van der Waals surface area contributed by atoms with Crippen molar-refractivity contribution < 1.29 is 18.8 Å². The zero-order valence-corrected chi connectivity index (χ0v) is 16.9. The maximum atomic E-state index is 12.0. The minimum absolute atomic E-state index is 0.385. The van der Waals surface area contributed by atoms with Gasteiger partial charge in [-0.1, -0.05) is 0 Å². The number of rotatable bonds is 2. The lowest BCUT2D eigenvalue weighted by Gasteiger charge is -2.32. The molecule has 5 nitrogen and oxygen atoms in total. The largest absolute Gasteiger partial charge is 0.495 e. The van der Waals surface area contributed by atoms with E-state index in [-0.39, 0.29) is 11.2 Å². The van der Waals surface area contributed by atoms with Crippen LogP contribution in [0.3, 0.4) is 0 Å². The van der Waals surface area contributed by atoms with Gasteiger partial charge >= 0.3 is 13.2 Å². The summed E-state index contributed by atoms with van der Waals surface area (Å²) in [6.07, 6.45) is -0.463. The van der Waals surface area contributed by atoms with Crippen molar-refractivity contribution >= 4 is 24.4 Å². The van der Waals surface area contributed by atoms with Crippen LogP contribution < -0.4 is 10.8 Å². The molecule has 1 aromatic rings. The number of amides is 1. The van der Waals surface area contributed by atoms with E-state index in [0.29, 0.717) is 5.69 Å². The quantitative estimate of drug-likeness (QED) is 0.823. The van der Waals surface area contributed by atoms with Crippen molar-refractivity contribution in [2.45, 2.75) is 79.1 Å². The molecule has 1 fully saturated rings. The van der Waals surface area contributed by atoms with Gasteiger partial charge in [-0.2, -0.15) is 0 Å². The Labute approximate surface area is 151 Å². The van der Waals surface area contributed by atoms with Crippen molar-refractivity contribution in [2.75, 3.05) is 5.32 Å². The van der Waals surface area contributed by atoms with Crippen molar-refractivity contribution in [3.8, 4) is 0 Å². The molecule has 0 saturated carbocycles. The fourth-order valence-electron chi connectivity index (χ4n) is 2.80. The molecule has 0 unspecified atom stereocenters. The fourth-order valence-corrected chi connectivity index (χ4v) is 2.80. The van der Waals surface area contributed by atoms with E-state index in [4.69, 9.17) is 14.0 Å². The van der Waals surface area contributed by atoms with E-state index in [1.54, 1.807) is 0 Å². The number of hydrogen-bond acceptors (Lipinski definition) is 4. The summed E-state index contributed by atoms with van der Waals surface area (Å²) in [5.74, 6) is 0. The van der Waals surface area contributed by atoms with E-state index < -0.39 is 18.8 Å². The molecule has 0 aromatic heterocycles. The first-order valence-corrected chi connectivity index (χ1v) is 8.69. The third-order valence-corrected chi connectivity index (χ3v) is 4.73. The Morgan fingerprint density at radius 3 is 1.88 bits per heavy atom. The Hall–Kier alpha value is -1.53. The molecule has 2 rings (SSSR count). The van der Waals surface area contributed by atoms with Crippen LogP contribution in [0.1, 0.15) is 59.6 Å². The molecule has 1 heterocycles. The maximum Gasteiger partial charge on any atom is 0.495 e. The lowest BCUT2D eigenvalue weighted by molar-refractivity contribution is 0.00578. The molecular formula is C19H30BNO4. The van der Waals surface area contributed by atoms with E-state index in [1.807, 2.05) is 74.4 Å². The molecule has 0 radical (unpaired) electrons. The van der Waals surface area contributed by atoms with Gasteiger partial charge in [-0.05, 0) is 91.0 Å². The summed E-state index contributed by atoms with van der Waals surface area (Å²) in [5, 5.41) is 2.79. The Morgan fingerprint density at radius 1 is 1.04 bits per heavy atom. The summed E-state index contributed by atoms with van der Waals surface area (Å²) in [6, 6.07) is 3.83. The monoisotopic (exact) mass is 347 g/mol. The molecule has 138 valence electrons. The van der Waals surface area contributed by atoms with Crippen LogP contribution >= 0.6 is 0 Å². The second-order valence-corrected chi connectivity index (χ2v) is 8.74. The van der Waals surface area contributed by atoms with Gasteiger partial charge in [0.25, 0.3) is 0 Å². The van der Waals surface area contributed by atoms with Gasteiger partial charge in [-0.15, -0.1) is 0 Å². The van der Waals surface area contributed by atoms with Gasteiger partial charge in [0.2, 0.25) is 0 Å². The van der Waals surface area contributed by atoms with E-state index in [0.717, 1.165) is 16.6 Å². The molecular weight excluding hydrogens is 317 g/mol. The van der Waals surface area contributed by atoms with Crippen LogP contribution in [-0.2, 0) is 14.0 Å². The zero-order chi connectivity index (χ0) is 19.2. The normalized spacial score (nSPS) is 19.0. The van der Waals surface area contributed by atoms with Crippen molar-refractivity contribution in [1.82, 2.24) is 0 Å². The molecule has 1 aliphatic heterocycles. The second kappa shape index (κ2) is 6.33. The number of anilines is 1. The Morgan fingerprint density at radius 2 is 1.48 bits per heavy atom. The van der Waals surface area contributed by atoms with E-state index >= 15 is 0 Å². The standard InChI is InChI=1S/C19H30BNO4/c1-12-10-14(21-16(22)23-17(3,4)5)11-13(2)15(12)20-24-18(6,7)19(8,9)25-20/h10-11H,1-9H3,(H,21,22). The molecule has 1 aromatic carbocycles. The van der Waals surface area contributed by atoms with Crippen LogP contribution in [0.5, 0.6) is 0 Å². The third kappa shape index (κ3) is 4.36. The van der Waals surface area contributed by atoms with Crippen LogP contribution in [0, 0.1) is 13.8 Å². The average molecular weight is 347 g/mol. The Kier molecular flexibility index (Phi) is 5.01. The fraction of sp³-hybridized carbons (Fsp3) is 0.632. The highest BCUT2D eigenvalue weighted by atomic mass is 16.7. The van der Waals surface area contributed by atoms with E-state index in [2.05, 4.69) is 5.32 Å². The molecule has 0 bridgehead atoms. The highest BCUT2D eigenvalue weighted by Gasteiger charge is 2.52. The molecule has 0 atom stereocenters. The molecule has 0 aliphatic carbocycles. The molecule has 1 aliphatic rings. The van der Waals surface area contributed by atoms with Crippen LogP contribution in [-0.4, -0.2) is 30.0 Å². The number of carbonyl (C=O) groups is 1. The van der Waals surface area contributed by atoms with Crippen LogP contribution in [0.2, 0.25) is 0 Å². The first-order valence-electron chi connectivity index (χ1n) is 8.69. The number of benzene rings is 1. The highest BCUT2D eigenvalue weighted by Crippen LogP contribution is 2.37. The van der Waals surface area contributed by atoms with E-state index in [1.165, 1.54) is 0 Å². The Bertz CT molecular complexity index is 637. The number of carbonyl (C=O) groups excluding carboxylic acids is 1. The first-order chi connectivity index (χ1) is 11.2. The predicted molar refractivity (Wildman–Crippen MR) is 101 cm³/mol. The van der Waals surface area contributed by atoms with Gasteiger partial charge in [-0.3, -0.25) is 5.32 Å².